The third kappa shape index (κ3) is 6.28. The molecule has 0 saturated heterocycles. The molecule has 1 amide bonds. The van der Waals surface area contributed by atoms with E-state index in [-0.39, 0.29) is 17.5 Å². The van der Waals surface area contributed by atoms with Crippen molar-refractivity contribution in [3.05, 3.63) is 66.0 Å². The van der Waals surface area contributed by atoms with Crippen LogP contribution in [-0.4, -0.2) is 34.1 Å². The van der Waals surface area contributed by atoms with E-state index < -0.39 is 21.7 Å². The highest BCUT2D eigenvalue weighted by Crippen LogP contribution is 2.15. The Kier molecular flexibility index (Phi) is 7.23. The second-order valence-electron chi connectivity index (χ2n) is 5.85. The number of nitrogens with one attached hydrogen (secondary N) is 2. The number of methoxy groups -OCH3 is 1. The number of rotatable bonds is 8. The van der Waals surface area contributed by atoms with Crippen molar-refractivity contribution in [2.75, 3.05) is 19.0 Å². The molecule has 144 valence electrons. The molecule has 0 radical (unpaired) electrons. The fourth-order valence-corrected chi connectivity index (χ4v) is 3.52. The van der Waals surface area contributed by atoms with Gasteiger partial charge in [-0.2, -0.15) is 0 Å². The third-order valence-electron chi connectivity index (χ3n) is 3.52. The smallest absolute Gasteiger partial charge is 0.248 e. The Labute approximate surface area is 158 Å². The van der Waals surface area contributed by atoms with Crippen molar-refractivity contribution in [1.82, 2.24) is 4.72 Å². The van der Waals surface area contributed by atoms with E-state index in [9.17, 15) is 17.6 Å². The van der Waals surface area contributed by atoms with Crippen LogP contribution in [0.3, 0.4) is 0 Å². The van der Waals surface area contributed by atoms with E-state index in [0.29, 0.717) is 11.3 Å². The molecular weight excluding hydrogens is 371 g/mol. The van der Waals surface area contributed by atoms with Gasteiger partial charge in [0.2, 0.25) is 15.9 Å². The molecule has 1 atom stereocenters. The molecule has 0 aromatic heterocycles. The largest absolute Gasteiger partial charge is 0.383 e. The number of ether oxygens (including phenoxy) is 1. The summed E-state index contributed by atoms with van der Waals surface area (Å²) in [5, 5.41) is 2.59. The Morgan fingerprint density at radius 1 is 1.19 bits per heavy atom. The summed E-state index contributed by atoms with van der Waals surface area (Å²) in [5.74, 6) is -0.882. The monoisotopic (exact) mass is 392 g/mol. The lowest BCUT2D eigenvalue weighted by atomic mass is 10.2. The van der Waals surface area contributed by atoms with Crippen molar-refractivity contribution >= 4 is 27.7 Å². The molecule has 0 aliphatic carbocycles. The third-order valence-corrected chi connectivity index (χ3v) is 5.13. The van der Waals surface area contributed by atoms with Crippen LogP contribution in [-0.2, 0) is 19.6 Å². The average molecular weight is 392 g/mol. The van der Waals surface area contributed by atoms with Crippen molar-refractivity contribution in [2.24, 2.45) is 0 Å². The maximum absolute atomic E-state index is 13.5. The van der Waals surface area contributed by atoms with Crippen molar-refractivity contribution < 1.29 is 22.3 Å². The van der Waals surface area contributed by atoms with Gasteiger partial charge in [0.15, 0.2) is 0 Å². The Morgan fingerprint density at radius 2 is 1.85 bits per heavy atom. The van der Waals surface area contributed by atoms with Crippen LogP contribution in [0.4, 0.5) is 10.1 Å². The Morgan fingerprint density at radius 3 is 2.48 bits per heavy atom. The fraction of sp³-hybridized carbons (Fsp3) is 0.211. The molecule has 6 nitrogen and oxygen atoms in total. The summed E-state index contributed by atoms with van der Waals surface area (Å²) in [4.78, 5) is 12.0. The summed E-state index contributed by atoms with van der Waals surface area (Å²) in [6, 6.07) is 11.4. The van der Waals surface area contributed by atoms with E-state index >= 15 is 0 Å². The van der Waals surface area contributed by atoms with E-state index in [1.807, 2.05) is 0 Å². The highest BCUT2D eigenvalue weighted by molar-refractivity contribution is 7.89. The molecule has 2 aromatic rings. The fourth-order valence-electron chi connectivity index (χ4n) is 2.29. The van der Waals surface area contributed by atoms with Crippen molar-refractivity contribution in [1.29, 1.82) is 0 Å². The Bertz CT molecular complexity index is 912. The van der Waals surface area contributed by atoms with Gasteiger partial charge in [0, 0.05) is 30.5 Å². The summed E-state index contributed by atoms with van der Waals surface area (Å²) < 4.78 is 45.4. The zero-order valence-electron chi connectivity index (χ0n) is 15.0. The Hall–Kier alpha value is -2.55. The topological polar surface area (TPSA) is 84.5 Å². The molecule has 1 unspecified atom stereocenters. The van der Waals surface area contributed by atoms with Gasteiger partial charge < -0.3 is 10.1 Å². The molecule has 0 aliphatic heterocycles. The normalized spacial score (nSPS) is 12.9. The molecule has 0 heterocycles. The van der Waals surface area contributed by atoms with E-state index in [2.05, 4.69) is 10.0 Å². The standard InChI is InChI=1S/C19H21FN2O4S/c1-14(13-26-2)22-27(24,25)17-10-8-16(9-11-17)21-19(23)12-7-15-5-3-4-6-18(15)20/h3-12,14,22H,13H2,1-2H3,(H,21,23)/b12-7+. The predicted molar refractivity (Wildman–Crippen MR) is 102 cm³/mol. The lowest BCUT2D eigenvalue weighted by molar-refractivity contribution is -0.111. The summed E-state index contributed by atoms with van der Waals surface area (Å²) in [6.45, 7) is 1.94. The number of halogens is 1. The van der Waals surface area contributed by atoms with Gasteiger partial charge >= 0.3 is 0 Å². The summed E-state index contributed by atoms with van der Waals surface area (Å²) >= 11 is 0. The van der Waals surface area contributed by atoms with Gasteiger partial charge in [0.25, 0.3) is 0 Å². The molecule has 0 saturated carbocycles. The van der Waals surface area contributed by atoms with E-state index in [1.165, 1.54) is 49.6 Å². The minimum Gasteiger partial charge on any atom is -0.383 e. The second-order valence-corrected chi connectivity index (χ2v) is 7.56. The maximum atomic E-state index is 13.5. The molecular formula is C19H21FN2O4S. The highest BCUT2D eigenvalue weighted by atomic mass is 32.2. The van der Waals surface area contributed by atoms with Crippen LogP contribution < -0.4 is 10.0 Å². The van der Waals surface area contributed by atoms with Gasteiger partial charge in [-0.25, -0.2) is 17.5 Å². The lowest BCUT2D eigenvalue weighted by Crippen LogP contribution is -2.35. The first-order valence-electron chi connectivity index (χ1n) is 8.17. The number of amides is 1. The average Bonchev–Trinajstić information content (AvgIpc) is 2.61. The van der Waals surface area contributed by atoms with Crippen molar-refractivity contribution in [2.45, 2.75) is 17.9 Å². The number of carbonyl (C=O) groups excluding carboxylic acids is 1. The minimum absolute atomic E-state index is 0.0744. The first kappa shape index (κ1) is 20.8. The SMILES string of the molecule is COCC(C)NS(=O)(=O)c1ccc(NC(=O)/C=C/c2ccccc2F)cc1. The molecule has 8 heteroatoms. The van der Waals surface area contributed by atoms with E-state index in [4.69, 9.17) is 4.74 Å². The van der Waals surface area contributed by atoms with Gasteiger partial charge in [-0.15, -0.1) is 0 Å². The van der Waals surface area contributed by atoms with Crippen molar-refractivity contribution in [3.8, 4) is 0 Å². The molecule has 0 spiro atoms. The Balaban J connectivity index is 2.01. The molecule has 27 heavy (non-hydrogen) atoms. The van der Waals surface area contributed by atoms with Crippen LogP contribution in [0.15, 0.2) is 59.5 Å². The van der Waals surface area contributed by atoms with Crippen LogP contribution in [0.5, 0.6) is 0 Å². The first-order valence-corrected chi connectivity index (χ1v) is 9.65. The van der Waals surface area contributed by atoms with Gasteiger partial charge in [-0.3, -0.25) is 4.79 Å². The van der Waals surface area contributed by atoms with E-state index in [0.717, 1.165) is 0 Å². The zero-order valence-corrected chi connectivity index (χ0v) is 15.8. The van der Waals surface area contributed by atoms with Gasteiger partial charge in [0.05, 0.1) is 11.5 Å². The minimum atomic E-state index is -3.68. The number of hydrogen-bond acceptors (Lipinski definition) is 4. The quantitative estimate of drug-likeness (QED) is 0.677. The first-order chi connectivity index (χ1) is 12.8. The number of benzene rings is 2. The summed E-state index contributed by atoms with van der Waals surface area (Å²) in [6.07, 6.45) is 2.57. The van der Waals surface area contributed by atoms with Crippen LogP contribution >= 0.6 is 0 Å². The zero-order chi connectivity index (χ0) is 19.9. The molecule has 2 N–H and O–H groups in total. The molecule has 2 rings (SSSR count). The van der Waals surface area contributed by atoms with Crippen LogP contribution in [0.25, 0.3) is 6.08 Å². The van der Waals surface area contributed by atoms with Crippen molar-refractivity contribution in [3.63, 3.8) is 0 Å². The van der Waals surface area contributed by atoms with E-state index in [1.54, 1.807) is 25.1 Å². The number of anilines is 1. The molecule has 2 aromatic carbocycles. The molecule has 0 bridgehead atoms. The van der Waals surface area contributed by atoms with Gasteiger partial charge in [0.1, 0.15) is 5.82 Å². The van der Waals surface area contributed by atoms with Gasteiger partial charge in [-0.1, -0.05) is 18.2 Å². The molecule has 0 fully saturated rings. The highest BCUT2D eigenvalue weighted by Gasteiger charge is 2.17. The molecule has 0 aliphatic rings. The number of sulfonamides is 1. The van der Waals surface area contributed by atoms with Gasteiger partial charge in [-0.05, 0) is 43.3 Å². The van der Waals surface area contributed by atoms with Crippen LogP contribution in [0, 0.1) is 5.82 Å². The second kappa shape index (κ2) is 9.40. The lowest BCUT2D eigenvalue weighted by Gasteiger charge is -2.13. The van der Waals surface area contributed by atoms with Crippen LogP contribution in [0.1, 0.15) is 12.5 Å². The van der Waals surface area contributed by atoms with Crippen LogP contribution in [0.2, 0.25) is 0 Å². The maximum Gasteiger partial charge on any atom is 0.248 e. The summed E-state index contributed by atoms with van der Waals surface area (Å²) in [5.41, 5.74) is 0.715. The predicted octanol–water partition coefficient (Wildman–Crippen LogP) is 2.79. The number of carbonyl (C=O) groups is 1. The number of hydrogen-bond donors (Lipinski definition) is 2. The summed E-state index contributed by atoms with van der Waals surface area (Å²) in [7, 11) is -2.19.